The number of nitrogens with one attached hydrogen (secondary N) is 1. The van der Waals surface area contributed by atoms with Gasteiger partial charge in [0.15, 0.2) is 5.11 Å². The number of phenolic OH excluding ortho intramolecular Hbond substituents is 1. The molecular weight excluding hydrogens is 212 g/mol. The van der Waals surface area contributed by atoms with Crippen molar-refractivity contribution in [2.75, 3.05) is 0 Å². The first-order valence-corrected chi connectivity index (χ1v) is 4.36. The Morgan fingerprint density at radius 3 is 3.00 bits per heavy atom. The number of para-hydroxylation sites is 1. The van der Waals surface area contributed by atoms with Crippen LogP contribution in [0.2, 0.25) is 0 Å². The van der Waals surface area contributed by atoms with E-state index in [-0.39, 0.29) is 16.4 Å². The summed E-state index contributed by atoms with van der Waals surface area (Å²) in [4.78, 5) is 0. The van der Waals surface area contributed by atoms with Crippen molar-refractivity contribution in [2.24, 2.45) is 10.8 Å². The number of thiocarbonyl (C=S) groups is 1. The number of nitrogens with zero attached hydrogens (tertiary/aromatic N) is 2. The second-order valence-corrected chi connectivity index (χ2v) is 3.03. The van der Waals surface area contributed by atoms with Gasteiger partial charge < -0.3 is 10.8 Å². The molecular formula is C9H8N4OS. The van der Waals surface area contributed by atoms with Gasteiger partial charge in [0.25, 0.3) is 0 Å². The van der Waals surface area contributed by atoms with Crippen LogP contribution in [0.1, 0.15) is 11.1 Å². The molecule has 76 valence electrons. The molecule has 1 aromatic carbocycles. The molecule has 6 heteroatoms. The minimum Gasteiger partial charge on any atom is -0.506 e. The highest BCUT2D eigenvalue weighted by atomic mass is 32.1. The average Bonchev–Trinajstić information content (AvgIpc) is 2.20. The molecule has 0 aliphatic heterocycles. The van der Waals surface area contributed by atoms with E-state index in [4.69, 9.17) is 11.0 Å². The highest BCUT2D eigenvalue weighted by Crippen LogP contribution is 2.19. The Bertz CT molecular complexity index is 450. The number of nitrogens with two attached hydrogens (primary N) is 1. The van der Waals surface area contributed by atoms with E-state index in [9.17, 15) is 5.11 Å². The summed E-state index contributed by atoms with van der Waals surface area (Å²) in [5, 5.41) is 21.9. The number of phenols is 1. The van der Waals surface area contributed by atoms with Crippen molar-refractivity contribution >= 4 is 23.5 Å². The van der Waals surface area contributed by atoms with Gasteiger partial charge in [-0.25, -0.2) is 0 Å². The van der Waals surface area contributed by atoms with E-state index in [1.54, 1.807) is 12.1 Å². The Morgan fingerprint density at radius 2 is 2.40 bits per heavy atom. The van der Waals surface area contributed by atoms with Crippen LogP contribution in [0.25, 0.3) is 0 Å². The number of rotatable bonds is 2. The fraction of sp³-hybridized carbons (Fsp3) is 0. The quantitative estimate of drug-likeness (QED) is 0.382. The standard InChI is InChI=1S/C9H8N4OS/c10-4-6-2-1-3-7(8(6)14)5-12-13-9(11)15/h1-3,5,14H,(H3,11,13,15). The monoisotopic (exact) mass is 220 g/mol. The summed E-state index contributed by atoms with van der Waals surface area (Å²) >= 11 is 4.53. The Morgan fingerprint density at radius 1 is 1.67 bits per heavy atom. The van der Waals surface area contributed by atoms with E-state index in [0.717, 1.165) is 0 Å². The van der Waals surface area contributed by atoms with Crippen LogP contribution in [0.4, 0.5) is 0 Å². The summed E-state index contributed by atoms with van der Waals surface area (Å²) < 4.78 is 0. The SMILES string of the molecule is N#Cc1cccc(C=NNC(N)=S)c1O. The number of hydrazone groups is 1. The predicted octanol–water partition coefficient (Wildman–Crippen LogP) is 0.431. The van der Waals surface area contributed by atoms with Gasteiger partial charge in [0, 0.05) is 5.56 Å². The molecule has 15 heavy (non-hydrogen) atoms. The zero-order chi connectivity index (χ0) is 11.3. The maximum Gasteiger partial charge on any atom is 0.184 e. The first-order chi connectivity index (χ1) is 7.15. The zero-order valence-electron chi connectivity index (χ0n) is 7.64. The third-order valence-corrected chi connectivity index (χ3v) is 1.66. The summed E-state index contributed by atoms with van der Waals surface area (Å²) in [6.07, 6.45) is 1.33. The molecule has 4 N–H and O–H groups in total. The van der Waals surface area contributed by atoms with Crippen LogP contribution in [0.15, 0.2) is 23.3 Å². The third kappa shape index (κ3) is 2.93. The summed E-state index contributed by atoms with van der Waals surface area (Å²) in [5.74, 6) is -0.117. The number of nitriles is 1. The van der Waals surface area contributed by atoms with Crippen LogP contribution in [0, 0.1) is 11.3 Å². The molecule has 5 nitrogen and oxygen atoms in total. The van der Waals surface area contributed by atoms with Gasteiger partial charge in [0.05, 0.1) is 11.8 Å². The van der Waals surface area contributed by atoms with Crippen molar-refractivity contribution in [3.8, 4) is 11.8 Å². The van der Waals surface area contributed by atoms with Crippen molar-refractivity contribution in [1.29, 1.82) is 5.26 Å². The third-order valence-electron chi connectivity index (χ3n) is 1.57. The maximum atomic E-state index is 9.55. The molecule has 0 saturated heterocycles. The highest BCUT2D eigenvalue weighted by molar-refractivity contribution is 7.80. The lowest BCUT2D eigenvalue weighted by molar-refractivity contribution is 0.472. The largest absolute Gasteiger partial charge is 0.506 e. The second kappa shape index (κ2) is 4.93. The first kappa shape index (κ1) is 10.9. The van der Waals surface area contributed by atoms with Crippen LogP contribution in [0.5, 0.6) is 5.75 Å². The molecule has 0 atom stereocenters. The molecule has 0 aromatic heterocycles. The molecule has 0 heterocycles. The van der Waals surface area contributed by atoms with E-state index < -0.39 is 0 Å². The Balaban J connectivity index is 2.92. The molecule has 1 aromatic rings. The van der Waals surface area contributed by atoms with Crippen LogP contribution >= 0.6 is 12.2 Å². The van der Waals surface area contributed by atoms with Gasteiger partial charge in [-0.2, -0.15) is 10.4 Å². The maximum absolute atomic E-state index is 9.55. The number of hydrogen-bond donors (Lipinski definition) is 3. The number of aromatic hydroxyl groups is 1. The smallest absolute Gasteiger partial charge is 0.184 e. The highest BCUT2D eigenvalue weighted by Gasteiger charge is 2.03. The fourth-order valence-corrected chi connectivity index (χ4v) is 0.974. The minimum atomic E-state index is -0.117. The molecule has 0 spiro atoms. The molecule has 0 fully saturated rings. The number of benzene rings is 1. The molecule has 0 unspecified atom stereocenters. The fourth-order valence-electron chi connectivity index (χ4n) is 0.921. The van der Waals surface area contributed by atoms with E-state index in [1.165, 1.54) is 12.3 Å². The molecule has 0 aliphatic carbocycles. The van der Waals surface area contributed by atoms with Gasteiger partial charge in [0.1, 0.15) is 11.8 Å². The van der Waals surface area contributed by atoms with Gasteiger partial charge in [-0.1, -0.05) is 6.07 Å². The summed E-state index contributed by atoms with van der Waals surface area (Å²) in [5.41, 5.74) is 8.09. The topological polar surface area (TPSA) is 94.4 Å². The lowest BCUT2D eigenvalue weighted by Crippen LogP contribution is -2.23. The summed E-state index contributed by atoms with van der Waals surface area (Å²) in [7, 11) is 0. The van der Waals surface area contributed by atoms with E-state index in [0.29, 0.717) is 5.56 Å². The predicted molar refractivity (Wildman–Crippen MR) is 60.3 cm³/mol. The molecule has 0 radical (unpaired) electrons. The van der Waals surface area contributed by atoms with Crippen molar-refractivity contribution in [3.63, 3.8) is 0 Å². The van der Waals surface area contributed by atoms with Crippen LogP contribution in [-0.4, -0.2) is 16.4 Å². The van der Waals surface area contributed by atoms with Crippen molar-refractivity contribution in [1.82, 2.24) is 5.43 Å². The van der Waals surface area contributed by atoms with E-state index in [2.05, 4.69) is 22.7 Å². The average molecular weight is 220 g/mol. The zero-order valence-corrected chi connectivity index (χ0v) is 8.45. The van der Waals surface area contributed by atoms with Crippen molar-refractivity contribution in [3.05, 3.63) is 29.3 Å². The van der Waals surface area contributed by atoms with Gasteiger partial charge >= 0.3 is 0 Å². The molecule has 0 amide bonds. The normalized spacial score (nSPS) is 9.80. The van der Waals surface area contributed by atoms with Gasteiger partial charge in [-0.05, 0) is 24.4 Å². The second-order valence-electron chi connectivity index (χ2n) is 2.59. The van der Waals surface area contributed by atoms with Crippen molar-refractivity contribution < 1.29 is 5.11 Å². The van der Waals surface area contributed by atoms with E-state index >= 15 is 0 Å². The van der Waals surface area contributed by atoms with Crippen LogP contribution in [0.3, 0.4) is 0 Å². The lowest BCUT2D eigenvalue weighted by Gasteiger charge is -1.99. The molecule has 0 aliphatic rings. The Kier molecular flexibility index (Phi) is 3.60. The van der Waals surface area contributed by atoms with Gasteiger partial charge in [0.2, 0.25) is 0 Å². The minimum absolute atomic E-state index is 0.0298. The van der Waals surface area contributed by atoms with E-state index in [1.807, 2.05) is 6.07 Å². The first-order valence-electron chi connectivity index (χ1n) is 3.95. The lowest BCUT2D eigenvalue weighted by atomic mass is 10.1. The summed E-state index contributed by atoms with van der Waals surface area (Å²) in [6, 6.07) is 6.61. The van der Waals surface area contributed by atoms with Gasteiger partial charge in [-0.15, -0.1) is 0 Å². The summed E-state index contributed by atoms with van der Waals surface area (Å²) in [6.45, 7) is 0. The Labute approximate surface area is 91.8 Å². The Hall–Kier alpha value is -2.13. The van der Waals surface area contributed by atoms with Gasteiger partial charge in [-0.3, -0.25) is 5.43 Å². The molecule has 0 saturated carbocycles. The number of hydrogen-bond acceptors (Lipinski definition) is 4. The van der Waals surface area contributed by atoms with Crippen LogP contribution < -0.4 is 11.2 Å². The van der Waals surface area contributed by atoms with Crippen molar-refractivity contribution in [2.45, 2.75) is 0 Å². The molecule has 0 bridgehead atoms. The van der Waals surface area contributed by atoms with Crippen LogP contribution in [-0.2, 0) is 0 Å². The molecule has 1 rings (SSSR count).